The van der Waals surface area contributed by atoms with E-state index in [9.17, 15) is 14.9 Å². The molecule has 1 heterocycles. The van der Waals surface area contributed by atoms with Crippen molar-refractivity contribution in [2.75, 3.05) is 5.32 Å². The van der Waals surface area contributed by atoms with Crippen LogP contribution in [-0.4, -0.2) is 15.8 Å². The van der Waals surface area contributed by atoms with Crippen LogP contribution < -0.4 is 5.32 Å². The first kappa shape index (κ1) is 19.3. The molecule has 0 radical (unpaired) electrons. The van der Waals surface area contributed by atoms with Crippen molar-refractivity contribution in [3.63, 3.8) is 0 Å². The van der Waals surface area contributed by atoms with E-state index in [4.69, 9.17) is 4.42 Å². The van der Waals surface area contributed by atoms with Crippen LogP contribution in [0.3, 0.4) is 0 Å². The predicted molar refractivity (Wildman–Crippen MR) is 115 cm³/mol. The zero-order chi connectivity index (χ0) is 21.3. The first-order valence-corrected chi connectivity index (χ1v) is 9.47. The average molecular weight is 401 g/mol. The van der Waals surface area contributed by atoms with Gasteiger partial charge in [-0.3, -0.25) is 14.9 Å². The Morgan fingerprint density at radius 2 is 1.87 bits per heavy atom. The molecule has 1 amide bonds. The smallest absolute Gasteiger partial charge is 0.270 e. The van der Waals surface area contributed by atoms with E-state index in [0.29, 0.717) is 28.6 Å². The van der Waals surface area contributed by atoms with E-state index in [0.717, 1.165) is 5.52 Å². The molecular formula is C23H19N3O4. The number of rotatable bonds is 5. The summed E-state index contributed by atoms with van der Waals surface area (Å²) in [5, 5.41) is 13.7. The van der Waals surface area contributed by atoms with Gasteiger partial charge in [0.25, 0.3) is 11.6 Å². The second-order valence-corrected chi connectivity index (χ2v) is 7.24. The van der Waals surface area contributed by atoms with Gasteiger partial charge in [-0.2, -0.15) is 0 Å². The van der Waals surface area contributed by atoms with Crippen molar-refractivity contribution in [1.29, 1.82) is 0 Å². The number of fused-ring (bicyclic) bond motifs is 1. The summed E-state index contributed by atoms with van der Waals surface area (Å²) in [4.78, 5) is 27.5. The third kappa shape index (κ3) is 3.91. The van der Waals surface area contributed by atoms with Gasteiger partial charge < -0.3 is 9.73 Å². The number of nitro groups is 1. The summed E-state index contributed by atoms with van der Waals surface area (Å²) < 4.78 is 5.88. The Hall–Kier alpha value is -4.00. The summed E-state index contributed by atoms with van der Waals surface area (Å²) in [6, 6.07) is 18.7. The molecule has 0 unspecified atom stereocenters. The summed E-state index contributed by atoms with van der Waals surface area (Å²) in [7, 11) is 0. The number of benzene rings is 3. The van der Waals surface area contributed by atoms with E-state index >= 15 is 0 Å². The molecule has 7 heteroatoms. The van der Waals surface area contributed by atoms with Gasteiger partial charge in [0.15, 0.2) is 5.58 Å². The first-order chi connectivity index (χ1) is 14.4. The minimum absolute atomic E-state index is 0.136. The van der Waals surface area contributed by atoms with E-state index < -0.39 is 10.8 Å². The molecule has 0 saturated carbocycles. The second-order valence-electron chi connectivity index (χ2n) is 7.24. The summed E-state index contributed by atoms with van der Waals surface area (Å²) in [6.45, 7) is 4.24. The molecule has 7 nitrogen and oxygen atoms in total. The van der Waals surface area contributed by atoms with Crippen molar-refractivity contribution in [3.05, 3.63) is 88.0 Å². The van der Waals surface area contributed by atoms with Gasteiger partial charge in [-0.15, -0.1) is 0 Å². The molecule has 150 valence electrons. The zero-order valence-electron chi connectivity index (χ0n) is 16.5. The highest BCUT2D eigenvalue weighted by Gasteiger charge is 2.14. The number of hydrogen-bond donors (Lipinski definition) is 1. The molecule has 0 atom stereocenters. The number of carbonyl (C=O) groups is 1. The number of aromatic nitrogens is 1. The number of oxazole rings is 1. The zero-order valence-corrected chi connectivity index (χ0v) is 16.5. The monoisotopic (exact) mass is 401 g/mol. The summed E-state index contributed by atoms with van der Waals surface area (Å²) in [5.41, 5.74) is 3.98. The molecule has 1 aromatic heterocycles. The highest BCUT2D eigenvalue weighted by molar-refractivity contribution is 6.04. The van der Waals surface area contributed by atoms with Crippen molar-refractivity contribution >= 4 is 28.4 Å². The van der Waals surface area contributed by atoms with Crippen LogP contribution >= 0.6 is 0 Å². The maximum Gasteiger partial charge on any atom is 0.270 e. The van der Waals surface area contributed by atoms with Gasteiger partial charge in [-0.05, 0) is 47.9 Å². The molecule has 1 N–H and O–H groups in total. The Morgan fingerprint density at radius 3 is 2.63 bits per heavy atom. The lowest BCUT2D eigenvalue weighted by atomic mass is 10.0. The van der Waals surface area contributed by atoms with Gasteiger partial charge in [0.05, 0.1) is 4.92 Å². The minimum Gasteiger partial charge on any atom is -0.436 e. The van der Waals surface area contributed by atoms with Crippen molar-refractivity contribution in [2.45, 2.75) is 19.8 Å². The summed E-state index contributed by atoms with van der Waals surface area (Å²) >= 11 is 0. The van der Waals surface area contributed by atoms with Crippen LogP contribution in [0.2, 0.25) is 0 Å². The van der Waals surface area contributed by atoms with Crippen molar-refractivity contribution < 1.29 is 14.1 Å². The second kappa shape index (κ2) is 7.79. The Morgan fingerprint density at radius 1 is 1.07 bits per heavy atom. The van der Waals surface area contributed by atoms with Gasteiger partial charge in [-0.1, -0.05) is 32.0 Å². The van der Waals surface area contributed by atoms with Crippen LogP contribution in [0.1, 0.15) is 35.7 Å². The van der Waals surface area contributed by atoms with Gasteiger partial charge in [-0.25, -0.2) is 4.98 Å². The van der Waals surface area contributed by atoms with Crippen LogP contribution in [0.5, 0.6) is 0 Å². The fraction of sp³-hybridized carbons (Fsp3) is 0.130. The molecule has 0 spiro atoms. The number of anilines is 1. The third-order valence-electron chi connectivity index (χ3n) is 4.76. The maximum atomic E-state index is 12.5. The lowest BCUT2D eigenvalue weighted by Gasteiger charge is -2.06. The standard InChI is InChI=1S/C23H19N3O4/c1-14(2)15-9-10-21-20(13-15)25-23(30-21)17-6-3-7-18(11-17)24-22(27)16-5-4-8-19(12-16)26(28)29/h3-14H,1-2H3,(H,24,27). The Bertz CT molecular complexity index is 1260. The number of carbonyl (C=O) groups excluding carboxylic acids is 1. The quantitative estimate of drug-likeness (QED) is 0.338. The fourth-order valence-corrected chi connectivity index (χ4v) is 3.12. The molecule has 4 rings (SSSR count). The Balaban J connectivity index is 1.60. The van der Waals surface area contributed by atoms with Crippen LogP contribution in [0.15, 0.2) is 71.1 Å². The highest BCUT2D eigenvalue weighted by atomic mass is 16.6. The molecule has 0 aliphatic rings. The number of amides is 1. The molecule has 0 aliphatic heterocycles. The lowest BCUT2D eigenvalue weighted by molar-refractivity contribution is -0.384. The van der Waals surface area contributed by atoms with Gasteiger partial charge in [0, 0.05) is 28.9 Å². The summed E-state index contributed by atoms with van der Waals surface area (Å²) in [6.07, 6.45) is 0. The SMILES string of the molecule is CC(C)c1ccc2oc(-c3cccc(NC(=O)c4cccc([N+](=O)[O-])c4)c3)nc2c1. The largest absolute Gasteiger partial charge is 0.436 e. The van der Waals surface area contributed by atoms with Crippen molar-refractivity contribution in [1.82, 2.24) is 4.98 Å². The van der Waals surface area contributed by atoms with Crippen LogP contribution in [0.4, 0.5) is 11.4 Å². The highest BCUT2D eigenvalue weighted by Crippen LogP contribution is 2.28. The molecule has 30 heavy (non-hydrogen) atoms. The van der Waals surface area contributed by atoms with Gasteiger partial charge in [0.2, 0.25) is 5.89 Å². The predicted octanol–water partition coefficient (Wildman–Crippen LogP) is 5.78. The molecule has 4 aromatic rings. The van der Waals surface area contributed by atoms with E-state index in [1.807, 2.05) is 24.3 Å². The van der Waals surface area contributed by atoms with Crippen LogP contribution in [0.25, 0.3) is 22.6 Å². The summed E-state index contributed by atoms with van der Waals surface area (Å²) in [5.74, 6) is 0.411. The molecule has 0 aliphatic carbocycles. The van der Waals surface area contributed by atoms with Crippen LogP contribution in [0, 0.1) is 10.1 Å². The topological polar surface area (TPSA) is 98.3 Å². The van der Waals surface area contributed by atoms with E-state index in [2.05, 4.69) is 24.1 Å². The molecule has 0 fully saturated rings. The van der Waals surface area contributed by atoms with E-state index in [-0.39, 0.29) is 11.3 Å². The van der Waals surface area contributed by atoms with E-state index in [1.54, 1.807) is 18.2 Å². The van der Waals surface area contributed by atoms with Crippen LogP contribution in [-0.2, 0) is 0 Å². The lowest BCUT2D eigenvalue weighted by Crippen LogP contribution is -2.12. The molecule has 0 saturated heterocycles. The average Bonchev–Trinajstić information content (AvgIpc) is 3.17. The molecular weight excluding hydrogens is 382 g/mol. The van der Waals surface area contributed by atoms with Gasteiger partial charge >= 0.3 is 0 Å². The fourth-order valence-electron chi connectivity index (χ4n) is 3.12. The molecule has 3 aromatic carbocycles. The first-order valence-electron chi connectivity index (χ1n) is 9.47. The minimum atomic E-state index is -0.532. The third-order valence-corrected chi connectivity index (χ3v) is 4.76. The van der Waals surface area contributed by atoms with E-state index in [1.165, 1.54) is 29.8 Å². The number of nitrogens with zero attached hydrogens (tertiary/aromatic N) is 2. The number of nitro benzene ring substituents is 1. The maximum absolute atomic E-state index is 12.5. The Labute approximate surface area is 172 Å². The normalized spacial score (nSPS) is 11.0. The number of non-ortho nitro benzene ring substituents is 1. The van der Waals surface area contributed by atoms with Gasteiger partial charge in [0.1, 0.15) is 5.52 Å². The number of hydrogen-bond acceptors (Lipinski definition) is 5. The van der Waals surface area contributed by atoms with Crippen molar-refractivity contribution in [3.8, 4) is 11.5 Å². The Kier molecular flexibility index (Phi) is 5.02. The molecule has 0 bridgehead atoms. The van der Waals surface area contributed by atoms with Crippen molar-refractivity contribution in [2.24, 2.45) is 0 Å². The number of nitrogens with one attached hydrogen (secondary N) is 1.